The van der Waals surface area contributed by atoms with Crippen molar-refractivity contribution in [3.63, 3.8) is 0 Å². The van der Waals surface area contributed by atoms with Gasteiger partial charge in [0.1, 0.15) is 5.75 Å². The van der Waals surface area contributed by atoms with Crippen molar-refractivity contribution >= 4 is 11.9 Å². The Balaban J connectivity index is 1.64. The van der Waals surface area contributed by atoms with Crippen LogP contribution in [0.5, 0.6) is 5.75 Å². The first-order valence-corrected chi connectivity index (χ1v) is 10.2. The molecular weight excluding hydrogens is 404 g/mol. The summed E-state index contributed by atoms with van der Waals surface area (Å²) in [5.74, 6) is -0.158. The van der Waals surface area contributed by atoms with Gasteiger partial charge in [0, 0.05) is 19.2 Å². The van der Waals surface area contributed by atoms with Gasteiger partial charge in [-0.3, -0.25) is 4.79 Å². The molecule has 0 fully saturated rings. The number of carbonyl (C=O) groups is 2. The van der Waals surface area contributed by atoms with E-state index in [0.717, 1.165) is 11.3 Å². The lowest BCUT2D eigenvalue weighted by Crippen LogP contribution is -2.30. The zero-order valence-electron chi connectivity index (χ0n) is 18.1. The maximum Gasteiger partial charge on any atom is 0.339 e. The van der Waals surface area contributed by atoms with E-state index in [2.05, 4.69) is 6.07 Å². The molecule has 3 aromatic carbocycles. The van der Waals surface area contributed by atoms with Crippen LogP contribution in [0.2, 0.25) is 0 Å². The van der Waals surface area contributed by atoms with Crippen LogP contribution in [-0.4, -0.2) is 37.0 Å². The second-order valence-corrected chi connectivity index (χ2v) is 7.11. The van der Waals surface area contributed by atoms with Gasteiger partial charge in [0.2, 0.25) is 0 Å². The van der Waals surface area contributed by atoms with E-state index in [4.69, 9.17) is 9.47 Å². The van der Waals surface area contributed by atoms with Crippen molar-refractivity contribution in [2.45, 2.75) is 13.5 Å². The normalized spacial score (nSPS) is 10.2. The predicted octanol–water partition coefficient (Wildman–Crippen LogP) is 4.44. The molecule has 6 heteroatoms. The molecule has 32 heavy (non-hydrogen) atoms. The molecule has 6 nitrogen and oxygen atoms in total. The Kier molecular flexibility index (Phi) is 7.60. The summed E-state index contributed by atoms with van der Waals surface area (Å²) in [4.78, 5) is 26.7. The number of benzene rings is 3. The average molecular weight is 428 g/mol. The van der Waals surface area contributed by atoms with Crippen LogP contribution in [-0.2, 0) is 16.1 Å². The second kappa shape index (κ2) is 10.8. The summed E-state index contributed by atoms with van der Waals surface area (Å²) < 4.78 is 10.7. The van der Waals surface area contributed by atoms with Crippen LogP contribution in [0.4, 0.5) is 0 Å². The number of hydrogen-bond donors (Lipinski definition) is 0. The number of esters is 1. The number of likely N-dealkylation sites (N-methyl/N-ethyl adjacent to an activating group) is 1. The molecule has 0 heterocycles. The number of hydrogen-bond acceptors (Lipinski definition) is 5. The Morgan fingerprint density at radius 1 is 0.938 bits per heavy atom. The summed E-state index contributed by atoms with van der Waals surface area (Å²) in [6.45, 7) is 2.52. The molecule has 0 bridgehead atoms. The number of carbonyl (C=O) groups excluding carboxylic acids is 2. The third-order valence-electron chi connectivity index (χ3n) is 4.89. The fraction of sp³-hybridized carbons (Fsp3) is 0.192. The molecule has 3 aromatic rings. The second-order valence-electron chi connectivity index (χ2n) is 7.11. The van der Waals surface area contributed by atoms with Crippen LogP contribution in [0.3, 0.4) is 0 Å². The van der Waals surface area contributed by atoms with Crippen LogP contribution in [0.15, 0.2) is 72.8 Å². The standard InChI is InChI=1S/C26H24N2O4/c1-3-31-21-14-12-19(13-15-21)17-28(2)25(29)18-32-26(30)24-11-7-6-10-23(24)22-9-5-4-8-20(22)16-27/h4-15H,3,17-18H2,1-2H3. The van der Waals surface area contributed by atoms with Crippen molar-refractivity contribution in [3.05, 3.63) is 89.5 Å². The molecule has 0 unspecified atom stereocenters. The van der Waals surface area contributed by atoms with Gasteiger partial charge in [0.15, 0.2) is 6.61 Å². The smallest absolute Gasteiger partial charge is 0.339 e. The van der Waals surface area contributed by atoms with E-state index < -0.39 is 5.97 Å². The van der Waals surface area contributed by atoms with Crippen LogP contribution >= 0.6 is 0 Å². The third kappa shape index (κ3) is 5.52. The highest BCUT2D eigenvalue weighted by Gasteiger charge is 2.18. The summed E-state index contributed by atoms with van der Waals surface area (Å²) in [5, 5.41) is 9.39. The summed E-state index contributed by atoms with van der Waals surface area (Å²) >= 11 is 0. The lowest BCUT2D eigenvalue weighted by molar-refractivity contribution is -0.133. The van der Waals surface area contributed by atoms with Crippen LogP contribution in [0, 0.1) is 11.3 Å². The molecule has 1 amide bonds. The van der Waals surface area contributed by atoms with E-state index in [0.29, 0.717) is 35.4 Å². The highest BCUT2D eigenvalue weighted by atomic mass is 16.5. The molecule has 0 aromatic heterocycles. The van der Waals surface area contributed by atoms with Crippen molar-refractivity contribution in [2.24, 2.45) is 0 Å². The van der Waals surface area contributed by atoms with Gasteiger partial charge >= 0.3 is 5.97 Å². The first-order chi connectivity index (χ1) is 15.5. The van der Waals surface area contributed by atoms with E-state index in [1.807, 2.05) is 31.2 Å². The summed E-state index contributed by atoms with van der Waals surface area (Å²) in [7, 11) is 1.66. The Bertz CT molecular complexity index is 1130. The Morgan fingerprint density at radius 2 is 1.59 bits per heavy atom. The molecule has 0 N–H and O–H groups in total. The minimum atomic E-state index is -0.615. The molecule has 0 spiro atoms. The lowest BCUT2D eigenvalue weighted by Gasteiger charge is -2.18. The fourth-order valence-corrected chi connectivity index (χ4v) is 3.25. The van der Waals surface area contributed by atoms with Gasteiger partial charge in [-0.05, 0) is 42.3 Å². The van der Waals surface area contributed by atoms with Gasteiger partial charge in [-0.25, -0.2) is 4.79 Å². The maximum absolute atomic E-state index is 12.7. The van der Waals surface area contributed by atoms with Crippen LogP contribution < -0.4 is 4.74 Å². The minimum Gasteiger partial charge on any atom is -0.494 e. The minimum absolute atomic E-state index is 0.303. The average Bonchev–Trinajstić information content (AvgIpc) is 2.83. The first kappa shape index (κ1) is 22.6. The van der Waals surface area contributed by atoms with Crippen LogP contribution in [0.25, 0.3) is 11.1 Å². The molecule has 0 aliphatic carbocycles. The molecule has 162 valence electrons. The lowest BCUT2D eigenvalue weighted by atomic mass is 9.96. The van der Waals surface area contributed by atoms with E-state index in [1.165, 1.54) is 4.90 Å². The van der Waals surface area contributed by atoms with E-state index in [-0.39, 0.29) is 12.5 Å². The Hall–Kier alpha value is -4.11. The van der Waals surface area contributed by atoms with Crippen molar-refractivity contribution in [1.29, 1.82) is 5.26 Å². The van der Waals surface area contributed by atoms with Gasteiger partial charge < -0.3 is 14.4 Å². The largest absolute Gasteiger partial charge is 0.494 e. The highest BCUT2D eigenvalue weighted by Crippen LogP contribution is 2.27. The number of rotatable bonds is 8. The van der Waals surface area contributed by atoms with Crippen molar-refractivity contribution in [2.75, 3.05) is 20.3 Å². The van der Waals surface area contributed by atoms with Gasteiger partial charge in [-0.15, -0.1) is 0 Å². The number of nitrogens with zero attached hydrogens (tertiary/aromatic N) is 2. The SMILES string of the molecule is CCOc1ccc(CN(C)C(=O)COC(=O)c2ccccc2-c2ccccc2C#N)cc1. The topological polar surface area (TPSA) is 79.6 Å². The van der Waals surface area contributed by atoms with E-state index >= 15 is 0 Å². The van der Waals surface area contributed by atoms with Gasteiger partial charge in [0.25, 0.3) is 5.91 Å². The molecule has 0 saturated heterocycles. The van der Waals surface area contributed by atoms with E-state index in [9.17, 15) is 14.9 Å². The van der Waals surface area contributed by atoms with E-state index in [1.54, 1.807) is 55.6 Å². The molecular formula is C26H24N2O4. The number of nitriles is 1. The summed E-state index contributed by atoms with van der Waals surface area (Å²) in [6.07, 6.45) is 0. The first-order valence-electron chi connectivity index (χ1n) is 10.2. The summed E-state index contributed by atoms with van der Waals surface area (Å²) in [6, 6.07) is 23.6. The van der Waals surface area contributed by atoms with Gasteiger partial charge in [0.05, 0.1) is 23.8 Å². The molecule has 0 aliphatic rings. The third-order valence-corrected chi connectivity index (χ3v) is 4.89. The predicted molar refractivity (Wildman–Crippen MR) is 121 cm³/mol. The maximum atomic E-state index is 12.7. The zero-order valence-corrected chi connectivity index (χ0v) is 18.1. The highest BCUT2D eigenvalue weighted by molar-refractivity contribution is 5.98. The molecule has 3 rings (SSSR count). The van der Waals surface area contributed by atoms with Gasteiger partial charge in [-0.2, -0.15) is 5.26 Å². The van der Waals surface area contributed by atoms with Crippen molar-refractivity contribution in [1.82, 2.24) is 4.90 Å². The quantitative estimate of drug-likeness (QED) is 0.496. The molecule has 0 atom stereocenters. The zero-order chi connectivity index (χ0) is 22.9. The summed E-state index contributed by atoms with van der Waals surface area (Å²) in [5.41, 5.74) is 2.93. The van der Waals surface area contributed by atoms with Crippen molar-refractivity contribution in [3.8, 4) is 22.9 Å². The Labute approximate surface area is 187 Å². The Morgan fingerprint density at radius 3 is 2.28 bits per heavy atom. The fourth-order valence-electron chi connectivity index (χ4n) is 3.25. The van der Waals surface area contributed by atoms with Crippen LogP contribution in [0.1, 0.15) is 28.4 Å². The number of ether oxygens (including phenoxy) is 2. The van der Waals surface area contributed by atoms with Gasteiger partial charge in [-0.1, -0.05) is 48.5 Å². The monoisotopic (exact) mass is 428 g/mol. The number of amides is 1. The molecule has 0 radical (unpaired) electrons. The molecule has 0 saturated carbocycles. The van der Waals surface area contributed by atoms with Crippen molar-refractivity contribution < 1.29 is 19.1 Å². The molecule has 0 aliphatic heterocycles.